The highest BCUT2D eigenvalue weighted by molar-refractivity contribution is 6.07. The molecule has 2 unspecified atom stereocenters. The molecule has 2 rings (SSSR count). The lowest BCUT2D eigenvalue weighted by Crippen LogP contribution is -2.58. The van der Waals surface area contributed by atoms with E-state index in [0.29, 0.717) is 24.7 Å². The molecule has 0 aliphatic heterocycles. The first-order chi connectivity index (χ1) is 9.49. The molecule has 0 aromatic heterocycles. The summed E-state index contributed by atoms with van der Waals surface area (Å²) in [6.07, 6.45) is 7.22. The monoisotopic (exact) mass is 281 g/mol. The van der Waals surface area contributed by atoms with Crippen LogP contribution >= 0.6 is 0 Å². The Kier molecular flexibility index (Phi) is 4.55. The molecule has 0 radical (unpaired) electrons. The van der Waals surface area contributed by atoms with Gasteiger partial charge in [-0.15, -0.1) is 0 Å². The van der Waals surface area contributed by atoms with E-state index in [-0.39, 0.29) is 17.8 Å². The summed E-state index contributed by atoms with van der Waals surface area (Å²) in [4.78, 5) is 12.6. The largest absolute Gasteiger partial charge is 0.409 e. The van der Waals surface area contributed by atoms with Crippen LogP contribution in [0.3, 0.4) is 0 Å². The molecule has 5 nitrogen and oxygen atoms in total. The molecule has 2 saturated carbocycles. The Morgan fingerprint density at radius 3 is 2.50 bits per heavy atom. The van der Waals surface area contributed by atoms with Crippen LogP contribution in [0.15, 0.2) is 5.16 Å². The van der Waals surface area contributed by atoms with Gasteiger partial charge in [0.15, 0.2) is 5.84 Å². The smallest absolute Gasteiger partial charge is 0.234 e. The normalized spacial score (nSPS) is 38.7. The molecule has 0 spiro atoms. The maximum Gasteiger partial charge on any atom is 0.234 e. The zero-order valence-corrected chi connectivity index (χ0v) is 12.6. The summed E-state index contributed by atoms with van der Waals surface area (Å²) < 4.78 is 0. The van der Waals surface area contributed by atoms with Gasteiger partial charge in [-0.1, -0.05) is 38.3 Å². The molecule has 0 saturated heterocycles. The molecule has 2 aliphatic carbocycles. The van der Waals surface area contributed by atoms with Crippen molar-refractivity contribution in [1.29, 1.82) is 0 Å². The molecule has 0 bridgehead atoms. The van der Waals surface area contributed by atoms with E-state index in [0.717, 1.165) is 12.8 Å². The summed E-state index contributed by atoms with van der Waals surface area (Å²) in [6.45, 7) is 4.29. The first kappa shape index (κ1) is 15.1. The summed E-state index contributed by atoms with van der Waals surface area (Å²) in [5, 5.41) is 15.2. The molecular formula is C15H27N3O2. The fraction of sp³-hybridized carbons (Fsp3) is 0.867. The van der Waals surface area contributed by atoms with Gasteiger partial charge >= 0.3 is 0 Å². The van der Waals surface area contributed by atoms with Gasteiger partial charge in [0.1, 0.15) is 5.41 Å². The van der Waals surface area contributed by atoms with Crippen molar-refractivity contribution in [2.75, 3.05) is 0 Å². The average Bonchev–Trinajstić information content (AvgIpc) is 2.59. The third-order valence-corrected chi connectivity index (χ3v) is 5.10. The Morgan fingerprint density at radius 2 is 1.90 bits per heavy atom. The minimum absolute atomic E-state index is 0.0513. The fourth-order valence-corrected chi connectivity index (χ4v) is 3.75. The lowest BCUT2D eigenvalue weighted by atomic mass is 9.61. The van der Waals surface area contributed by atoms with Gasteiger partial charge in [-0.25, -0.2) is 0 Å². The van der Waals surface area contributed by atoms with Gasteiger partial charge in [0.2, 0.25) is 5.91 Å². The lowest BCUT2D eigenvalue weighted by molar-refractivity contribution is -0.134. The van der Waals surface area contributed by atoms with Gasteiger partial charge in [0, 0.05) is 6.04 Å². The summed E-state index contributed by atoms with van der Waals surface area (Å²) in [5.74, 6) is 0.968. The number of hydrogen-bond donors (Lipinski definition) is 3. The van der Waals surface area contributed by atoms with E-state index < -0.39 is 5.41 Å². The topological polar surface area (TPSA) is 87.7 Å². The van der Waals surface area contributed by atoms with Crippen LogP contribution in [0, 0.1) is 17.3 Å². The van der Waals surface area contributed by atoms with E-state index in [1.807, 2.05) is 0 Å². The molecule has 0 aromatic rings. The number of carbonyl (C=O) groups is 1. The molecule has 2 fully saturated rings. The number of amidine groups is 1. The van der Waals surface area contributed by atoms with Crippen LogP contribution in [0.4, 0.5) is 0 Å². The highest BCUT2D eigenvalue weighted by Gasteiger charge is 2.52. The van der Waals surface area contributed by atoms with Crippen LogP contribution in [-0.4, -0.2) is 23.0 Å². The number of nitrogens with one attached hydrogen (secondary N) is 1. The number of nitrogens with zero attached hydrogens (tertiary/aromatic N) is 1. The van der Waals surface area contributed by atoms with E-state index in [2.05, 4.69) is 24.3 Å². The first-order valence-corrected chi connectivity index (χ1v) is 7.78. The Hall–Kier alpha value is -1.26. The van der Waals surface area contributed by atoms with Crippen LogP contribution < -0.4 is 11.1 Å². The predicted molar refractivity (Wildman–Crippen MR) is 78.4 cm³/mol. The standard InChI is InChI=1S/C15H27N3O2/c1-10-8-15(9-10,13(16)18-20)14(19)17-12-7-5-3-4-6-11(12)2/h10-12,20H,3-9H2,1-2H3,(H2,16,18)(H,17,19). The second-order valence-corrected chi connectivity index (χ2v) is 6.78. The Bertz CT molecular complexity index is 389. The minimum Gasteiger partial charge on any atom is -0.409 e. The maximum atomic E-state index is 12.6. The van der Waals surface area contributed by atoms with E-state index >= 15 is 0 Å². The molecular weight excluding hydrogens is 254 g/mol. The molecule has 5 heteroatoms. The van der Waals surface area contributed by atoms with E-state index in [1.54, 1.807) is 0 Å². The highest BCUT2D eigenvalue weighted by atomic mass is 16.4. The molecule has 0 aromatic carbocycles. The van der Waals surface area contributed by atoms with Crippen LogP contribution in [0.25, 0.3) is 0 Å². The first-order valence-electron chi connectivity index (χ1n) is 7.78. The summed E-state index contributed by atoms with van der Waals surface area (Å²) in [5.41, 5.74) is 5.01. The molecule has 2 atom stereocenters. The van der Waals surface area contributed by atoms with Crippen LogP contribution in [0.2, 0.25) is 0 Å². The van der Waals surface area contributed by atoms with E-state index in [9.17, 15) is 4.79 Å². The zero-order valence-electron chi connectivity index (χ0n) is 12.6. The molecule has 4 N–H and O–H groups in total. The van der Waals surface area contributed by atoms with Crippen molar-refractivity contribution >= 4 is 11.7 Å². The third-order valence-electron chi connectivity index (χ3n) is 5.10. The molecule has 20 heavy (non-hydrogen) atoms. The third kappa shape index (κ3) is 2.76. The number of amides is 1. The van der Waals surface area contributed by atoms with E-state index in [1.165, 1.54) is 19.3 Å². The highest BCUT2D eigenvalue weighted by Crippen LogP contribution is 2.46. The van der Waals surface area contributed by atoms with Crippen molar-refractivity contribution in [2.24, 2.45) is 28.1 Å². The van der Waals surface area contributed by atoms with Gasteiger partial charge in [-0.05, 0) is 37.5 Å². The number of carbonyl (C=O) groups excluding carboxylic acids is 1. The van der Waals surface area contributed by atoms with Gasteiger partial charge in [-0.2, -0.15) is 0 Å². The SMILES string of the molecule is CC1CC(C(=O)NC2CCCCCC2C)(C(N)=NO)C1. The van der Waals surface area contributed by atoms with Crippen molar-refractivity contribution in [3.63, 3.8) is 0 Å². The zero-order chi connectivity index (χ0) is 14.8. The quantitative estimate of drug-likeness (QED) is 0.244. The van der Waals surface area contributed by atoms with Crippen molar-refractivity contribution < 1.29 is 10.0 Å². The lowest BCUT2D eigenvalue weighted by Gasteiger charge is -2.44. The average molecular weight is 281 g/mol. The number of oxime groups is 1. The van der Waals surface area contributed by atoms with Crippen molar-refractivity contribution in [3.8, 4) is 0 Å². The van der Waals surface area contributed by atoms with Gasteiger partial charge in [0.05, 0.1) is 0 Å². The van der Waals surface area contributed by atoms with Crippen LogP contribution in [-0.2, 0) is 4.79 Å². The molecule has 0 heterocycles. The van der Waals surface area contributed by atoms with Crippen LogP contribution in [0.5, 0.6) is 0 Å². The van der Waals surface area contributed by atoms with Gasteiger partial charge < -0.3 is 16.3 Å². The van der Waals surface area contributed by atoms with Gasteiger partial charge in [0.25, 0.3) is 0 Å². The Labute approximate surface area is 121 Å². The molecule has 1 amide bonds. The van der Waals surface area contributed by atoms with Crippen molar-refractivity contribution in [2.45, 2.75) is 64.8 Å². The fourth-order valence-electron chi connectivity index (χ4n) is 3.75. The Morgan fingerprint density at radius 1 is 1.25 bits per heavy atom. The van der Waals surface area contributed by atoms with Crippen molar-refractivity contribution in [1.82, 2.24) is 5.32 Å². The second kappa shape index (κ2) is 6.02. The summed E-state index contributed by atoms with van der Waals surface area (Å²) >= 11 is 0. The van der Waals surface area contributed by atoms with Crippen LogP contribution in [0.1, 0.15) is 58.8 Å². The summed E-state index contributed by atoms with van der Waals surface area (Å²) in [6, 6.07) is 0.226. The van der Waals surface area contributed by atoms with Gasteiger partial charge in [-0.3, -0.25) is 4.79 Å². The van der Waals surface area contributed by atoms with Crippen molar-refractivity contribution in [3.05, 3.63) is 0 Å². The molecule has 2 aliphatic rings. The number of nitrogens with two attached hydrogens (primary N) is 1. The summed E-state index contributed by atoms with van der Waals surface area (Å²) in [7, 11) is 0. The Balaban J connectivity index is 2.05. The number of rotatable bonds is 3. The maximum absolute atomic E-state index is 12.6. The molecule has 114 valence electrons. The van der Waals surface area contributed by atoms with E-state index in [4.69, 9.17) is 10.9 Å². The minimum atomic E-state index is -0.778. The number of hydrogen-bond acceptors (Lipinski definition) is 3. The predicted octanol–water partition coefficient (Wildman–Crippen LogP) is 2.23. The second-order valence-electron chi connectivity index (χ2n) is 6.78.